The van der Waals surface area contributed by atoms with Gasteiger partial charge in [0.25, 0.3) is 0 Å². The number of ether oxygens (including phenoxy) is 3. The lowest BCUT2D eigenvalue weighted by molar-refractivity contribution is -0.148. The van der Waals surface area contributed by atoms with E-state index >= 15 is 0 Å². The highest BCUT2D eigenvalue weighted by molar-refractivity contribution is 5.86. The van der Waals surface area contributed by atoms with Crippen molar-refractivity contribution in [2.75, 3.05) is 13.2 Å². The summed E-state index contributed by atoms with van der Waals surface area (Å²) >= 11 is 0. The fraction of sp³-hybridized carbons (Fsp3) is 0.414. The van der Waals surface area contributed by atoms with Crippen LogP contribution in [0.3, 0.4) is 0 Å². The molecule has 0 bridgehead atoms. The summed E-state index contributed by atoms with van der Waals surface area (Å²) in [6, 6.07) is 10.0. The Balaban J connectivity index is -0.000000404. The van der Waals surface area contributed by atoms with Crippen molar-refractivity contribution >= 4 is 24.0 Å². The van der Waals surface area contributed by atoms with Crippen LogP contribution in [0.1, 0.15) is 59.9 Å². The number of unbranched alkanes of at least 4 members (excludes halogenated alkanes) is 1. The molecule has 1 atom stereocenters. The Hall–Kier alpha value is -3.45. The number of hydrogen-bond donors (Lipinski definition) is 1. The molecule has 0 aliphatic carbocycles. The normalized spacial score (nSPS) is 10.1. The predicted octanol–water partition coefficient (Wildman–Crippen LogP) is 5.85. The standard InChI is InChI=1S/C8H8.C7H12O3.2C7H12O2/c1-2-8-6-4-3-5-7-8;1-5(2)7(9)10-4-6(3)8;1-5-6(8)9-7(2,3)4;1-3-5-6-9-7(8)4-2/h2-7H,1H2;6,8H,1,4H2,2-3H3;5H,1H2,2-4H3;4H,2-3,5-6H2,1H3. The summed E-state index contributed by atoms with van der Waals surface area (Å²) in [6.45, 7) is 24.7. The van der Waals surface area contributed by atoms with E-state index in [1.54, 1.807) is 13.8 Å². The molecule has 36 heavy (non-hydrogen) atoms. The Morgan fingerprint density at radius 2 is 1.53 bits per heavy atom. The van der Waals surface area contributed by atoms with Crippen LogP contribution in [0.2, 0.25) is 0 Å². The highest BCUT2D eigenvalue weighted by atomic mass is 16.6. The number of esters is 3. The van der Waals surface area contributed by atoms with Gasteiger partial charge in [0.05, 0.1) is 12.7 Å². The van der Waals surface area contributed by atoms with Gasteiger partial charge in [-0.25, -0.2) is 14.4 Å². The first kappa shape index (κ1) is 37.1. The van der Waals surface area contributed by atoms with Gasteiger partial charge < -0.3 is 19.3 Å². The Morgan fingerprint density at radius 1 is 1.00 bits per heavy atom. The van der Waals surface area contributed by atoms with E-state index in [9.17, 15) is 14.4 Å². The average Bonchev–Trinajstić information content (AvgIpc) is 2.83. The fourth-order valence-electron chi connectivity index (χ4n) is 1.63. The van der Waals surface area contributed by atoms with Crippen LogP contribution in [0.15, 0.2) is 74.4 Å². The third-order valence-electron chi connectivity index (χ3n) is 3.32. The fourth-order valence-corrected chi connectivity index (χ4v) is 1.63. The van der Waals surface area contributed by atoms with Gasteiger partial charge in [-0.1, -0.05) is 76.1 Å². The molecular formula is C29H44O7. The predicted molar refractivity (Wildman–Crippen MR) is 146 cm³/mol. The van der Waals surface area contributed by atoms with Crippen LogP contribution >= 0.6 is 0 Å². The molecule has 0 radical (unpaired) electrons. The Morgan fingerprint density at radius 3 is 1.83 bits per heavy atom. The molecule has 0 aromatic heterocycles. The zero-order valence-corrected chi connectivity index (χ0v) is 22.7. The monoisotopic (exact) mass is 504 g/mol. The number of carbonyl (C=O) groups is 3. The maximum absolute atomic E-state index is 10.6. The summed E-state index contributed by atoms with van der Waals surface area (Å²) in [6.07, 6.45) is 5.54. The van der Waals surface area contributed by atoms with Crippen LogP contribution in [0.25, 0.3) is 6.08 Å². The van der Waals surface area contributed by atoms with Crippen LogP contribution in [0.5, 0.6) is 0 Å². The smallest absolute Gasteiger partial charge is 0.333 e. The van der Waals surface area contributed by atoms with E-state index < -0.39 is 17.7 Å². The van der Waals surface area contributed by atoms with Gasteiger partial charge >= 0.3 is 17.9 Å². The summed E-state index contributed by atoms with van der Waals surface area (Å²) in [5, 5.41) is 8.68. The van der Waals surface area contributed by atoms with Crippen molar-refractivity contribution in [1.29, 1.82) is 0 Å². The molecule has 0 fully saturated rings. The second-order valence-electron chi connectivity index (χ2n) is 8.31. The zero-order valence-electron chi connectivity index (χ0n) is 22.7. The maximum Gasteiger partial charge on any atom is 0.333 e. The van der Waals surface area contributed by atoms with Crippen LogP contribution in [-0.2, 0) is 28.6 Å². The van der Waals surface area contributed by atoms with E-state index in [-0.39, 0.29) is 18.5 Å². The molecule has 1 aromatic rings. The van der Waals surface area contributed by atoms with Crippen LogP contribution in [0.4, 0.5) is 0 Å². The van der Waals surface area contributed by atoms with Crippen LogP contribution in [0, 0.1) is 0 Å². The molecule has 0 spiro atoms. The van der Waals surface area contributed by atoms with E-state index in [4.69, 9.17) is 9.84 Å². The third-order valence-corrected chi connectivity index (χ3v) is 3.32. The molecule has 0 amide bonds. The number of hydrogen-bond acceptors (Lipinski definition) is 7. The molecule has 7 nitrogen and oxygen atoms in total. The molecule has 1 N–H and O–H groups in total. The van der Waals surface area contributed by atoms with Crippen LogP contribution in [-0.4, -0.2) is 47.9 Å². The first-order valence-corrected chi connectivity index (χ1v) is 11.6. The van der Waals surface area contributed by atoms with E-state index in [1.165, 1.54) is 11.6 Å². The molecule has 0 aliphatic rings. The average molecular weight is 505 g/mol. The summed E-state index contributed by atoms with van der Waals surface area (Å²) in [5.74, 6) is -1.16. The van der Waals surface area contributed by atoms with Crippen molar-refractivity contribution in [2.24, 2.45) is 0 Å². The molecule has 202 valence electrons. The molecule has 0 saturated heterocycles. The Labute approximate surface area is 217 Å². The number of carbonyl (C=O) groups excluding carboxylic acids is 3. The second kappa shape index (κ2) is 23.3. The minimum Gasteiger partial charge on any atom is -0.463 e. The van der Waals surface area contributed by atoms with Crippen molar-refractivity contribution in [1.82, 2.24) is 0 Å². The number of rotatable bonds is 9. The van der Waals surface area contributed by atoms with E-state index in [0.717, 1.165) is 18.9 Å². The largest absolute Gasteiger partial charge is 0.463 e. The van der Waals surface area contributed by atoms with E-state index in [2.05, 4.69) is 35.8 Å². The highest BCUT2D eigenvalue weighted by Crippen LogP contribution is 2.06. The lowest BCUT2D eigenvalue weighted by Crippen LogP contribution is -2.22. The molecule has 1 rings (SSSR count). The maximum atomic E-state index is 10.6. The number of benzene rings is 1. The van der Waals surface area contributed by atoms with Gasteiger partial charge in [0.1, 0.15) is 12.2 Å². The van der Waals surface area contributed by atoms with Gasteiger partial charge in [-0.3, -0.25) is 0 Å². The second-order valence-corrected chi connectivity index (χ2v) is 8.31. The van der Waals surface area contributed by atoms with Crippen molar-refractivity contribution in [3.05, 3.63) is 79.9 Å². The lowest BCUT2D eigenvalue weighted by Gasteiger charge is -2.17. The van der Waals surface area contributed by atoms with Gasteiger partial charge in [-0.15, -0.1) is 0 Å². The molecule has 1 aromatic carbocycles. The topological polar surface area (TPSA) is 99.1 Å². The lowest BCUT2D eigenvalue weighted by atomic mass is 10.2. The van der Waals surface area contributed by atoms with Crippen molar-refractivity contribution < 1.29 is 33.7 Å². The number of aliphatic hydroxyl groups excluding tert-OH is 1. The van der Waals surface area contributed by atoms with Gasteiger partial charge in [-0.2, -0.15) is 0 Å². The number of aliphatic hydroxyl groups is 1. The summed E-state index contributed by atoms with van der Waals surface area (Å²) in [7, 11) is 0. The molecule has 0 aliphatic heterocycles. The Kier molecular flexibility index (Phi) is 24.0. The van der Waals surface area contributed by atoms with Gasteiger partial charge in [0, 0.05) is 17.7 Å². The van der Waals surface area contributed by atoms with Crippen molar-refractivity contribution in [3.63, 3.8) is 0 Å². The molecular weight excluding hydrogens is 460 g/mol. The minimum absolute atomic E-state index is 0.0334. The first-order chi connectivity index (χ1) is 16.7. The highest BCUT2D eigenvalue weighted by Gasteiger charge is 2.12. The molecule has 1 unspecified atom stereocenters. The van der Waals surface area contributed by atoms with E-state index in [1.807, 2.05) is 64.1 Å². The summed E-state index contributed by atoms with van der Waals surface area (Å²) in [5.41, 5.74) is 1.12. The first-order valence-electron chi connectivity index (χ1n) is 11.6. The Bertz CT molecular complexity index is 788. The zero-order chi connectivity index (χ0) is 28.6. The van der Waals surface area contributed by atoms with Crippen LogP contribution < -0.4 is 0 Å². The quantitative estimate of drug-likeness (QED) is 0.195. The van der Waals surface area contributed by atoms with Crippen molar-refractivity contribution in [2.45, 2.75) is 66.1 Å². The SMILES string of the molecule is C=C(C)C(=O)OCC(C)O.C=CC(=O)OC(C)(C)C.C=CC(=O)OCCCC.C=Cc1ccccc1. The third kappa shape index (κ3) is 30.5. The minimum atomic E-state index is -0.608. The van der Waals surface area contributed by atoms with Gasteiger partial charge in [0.15, 0.2) is 0 Å². The molecule has 7 heteroatoms. The van der Waals surface area contributed by atoms with Gasteiger partial charge in [0.2, 0.25) is 0 Å². The molecule has 0 saturated carbocycles. The summed E-state index contributed by atoms with van der Waals surface area (Å²) < 4.78 is 14.1. The van der Waals surface area contributed by atoms with E-state index in [0.29, 0.717) is 12.2 Å². The summed E-state index contributed by atoms with van der Waals surface area (Å²) in [4.78, 5) is 31.4. The van der Waals surface area contributed by atoms with Gasteiger partial charge in [-0.05, 0) is 46.6 Å². The van der Waals surface area contributed by atoms with Crippen molar-refractivity contribution in [3.8, 4) is 0 Å². The molecule has 0 heterocycles.